The van der Waals surface area contributed by atoms with Gasteiger partial charge >= 0.3 is 0 Å². The number of rotatable bonds is 3. The van der Waals surface area contributed by atoms with Gasteiger partial charge < -0.3 is 4.98 Å². The molecule has 1 N–H and O–H groups in total. The van der Waals surface area contributed by atoms with Crippen LogP contribution in [0.15, 0.2) is 12.5 Å². The summed E-state index contributed by atoms with van der Waals surface area (Å²) in [4.78, 5) is 7.18. The third kappa shape index (κ3) is 1.82. The number of hydrogen-bond donors (Lipinski definition) is 1. The lowest BCUT2D eigenvalue weighted by Gasteiger charge is -2.16. The van der Waals surface area contributed by atoms with E-state index in [1.165, 1.54) is 12.1 Å². The van der Waals surface area contributed by atoms with Gasteiger partial charge in [0.2, 0.25) is 0 Å². The van der Waals surface area contributed by atoms with E-state index in [0.717, 1.165) is 0 Å². The van der Waals surface area contributed by atoms with Crippen LogP contribution in [0.5, 0.6) is 0 Å². The van der Waals surface area contributed by atoms with Crippen LogP contribution in [0, 0.1) is 5.92 Å². The van der Waals surface area contributed by atoms with Crippen molar-refractivity contribution in [3.05, 3.63) is 18.2 Å². The summed E-state index contributed by atoms with van der Waals surface area (Å²) in [5.74, 6) is 1.33. The Kier molecular flexibility index (Phi) is 2.69. The van der Waals surface area contributed by atoms with Crippen LogP contribution in [-0.2, 0) is 0 Å². The largest absolute Gasteiger partial charge is 0.348 e. The number of nitrogens with zero attached hydrogens (tertiary/aromatic N) is 1. The SMILES string of the molecule is CCC(c1cnc[nH]1)C(C)C. The van der Waals surface area contributed by atoms with Gasteiger partial charge in [0.05, 0.1) is 6.33 Å². The molecule has 0 saturated carbocycles. The van der Waals surface area contributed by atoms with Crippen molar-refractivity contribution in [2.24, 2.45) is 5.92 Å². The van der Waals surface area contributed by atoms with Crippen molar-refractivity contribution >= 4 is 0 Å². The highest BCUT2D eigenvalue weighted by molar-refractivity contribution is 5.03. The van der Waals surface area contributed by atoms with Crippen LogP contribution >= 0.6 is 0 Å². The Labute approximate surface area is 68.0 Å². The molecule has 11 heavy (non-hydrogen) atoms. The molecule has 0 aliphatic rings. The maximum absolute atomic E-state index is 4.02. The van der Waals surface area contributed by atoms with Gasteiger partial charge in [-0.25, -0.2) is 4.98 Å². The molecule has 1 unspecified atom stereocenters. The average Bonchev–Trinajstić information content (AvgIpc) is 2.40. The van der Waals surface area contributed by atoms with Gasteiger partial charge in [-0.1, -0.05) is 20.8 Å². The van der Waals surface area contributed by atoms with Gasteiger partial charge in [-0.2, -0.15) is 0 Å². The Bertz CT molecular complexity index is 189. The molecule has 0 aliphatic carbocycles. The topological polar surface area (TPSA) is 28.7 Å². The van der Waals surface area contributed by atoms with Crippen LogP contribution in [0.1, 0.15) is 38.8 Å². The highest BCUT2D eigenvalue weighted by atomic mass is 14.9. The molecule has 0 aromatic carbocycles. The molecule has 1 atom stereocenters. The minimum Gasteiger partial charge on any atom is -0.348 e. The number of aromatic nitrogens is 2. The first-order valence-corrected chi connectivity index (χ1v) is 4.24. The molecule has 1 heterocycles. The van der Waals surface area contributed by atoms with Crippen molar-refractivity contribution in [1.29, 1.82) is 0 Å². The fraction of sp³-hybridized carbons (Fsp3) is 0.667. The molecule has 0 aliphatic heterocycles. The summed E-state index contributed by atoms with van der Waals surface area (Å²) in [6, 6.07) is 0. The molecular weight excluding hydrogens is 136 g/mol. The smallest absolute Gasteiger partial charge is 0.0921 e. The zero-order chi connectivity index (χ0) is 8.27. The van der Waals surface area contributed by atoms with Gasteiger partial charge in [0, 0.05) is 17.8 Å². The highest BCUT2D eigenvalue weighted by Crippen LogP contribution is 2.24. The lowest BCUT2D eigenvalue weighted by atomic mass is 9.91. The maximum Gasteiger partial charge on any atom is 0.0921 e. The van der Waals surface area contributed by atoms with E-state index in [1.54, 1.807) is 6.33 Å². The number of hydrogen-bond acceptors (Lipinski definition) is 1. The minimum absolute atomic E-state index is 0.637. The summed E-state index contributed by atoms with van der Waals surface area (Å²) < 4.78 is 0. The van der Waals surface area contributed by atoms with E-state index in [9.17, 15) is 0 Å². The summed E-state index contributed by atoms with van der Waals surface area (Å²) >= 11 is 0. The molecule has 62 valence electrons. The van der Waals surface area contributed by atoms with Crippen molar-refractivity contribution < 1.29 is 0 Å². The molecule has 1 rings (SSSR count). The zero-order valence-corrected chi connectivity index (χ0v) is 7.46. The highest BCUT2D eigenvalue weighted by Gasteiger charge is 2.13. The molecule has 0 bridgehead atoms. The first-order chi connectivity index (χ1) is 5.25. The molecule has 0 amide bonds. The van der Waals surface area contributed by atoms with E-state index in [1.807, 2.05) is 6.20 Å². The van der Waals surface area contributed by atoms with Gasteiger partial charge in [0.25, 0.3) is 0 Å². The van der Waals surface area contributed by atoms with Crippen molar-refractivity contribution in [3.8, 4) is 0 Å². The van der Waals surface area contributed by atoms with Gasteiger partial charge in [-0.15, -0.1) is 0 Å². The van der Waals surface area contributed by atoms with Crippen molar-refractivity contribution in [3.63, 3.8) is 0 Å². The van der Waals surface area contributed by atoms with Crippen LogP contribution in [0.25, 0.3) is 0 Å². The van der Waals surface area contributed by atoms with E-state index in [4.69, 9.17) is 0 Å². The third-order valence-electron chi connectivity index (χ3n) is 2.16. The van der Waals surface area contributed by atoms with Crippen molar-refractivity contribution in [2.45, 2.75) is 33.1 Å². The number of aromatic amines is 1. The Morgan fingerprint density at radius 3 is 2.64 bits per heavy atom. The molecule has 2 heteroatoms. The fourth-order valence-electron chi connectivity index (χ4n) is 1.52. The second-order valence-corrected chi connectivity index (χ2v) is 3.27. The van der Waals surface area contributed by atoms with Gasteiger partial charge in [-0.05, 0) is 12.3 Å². The van der Waals surface area contributed by atoms with Crippen molar-refractivity contribution in [2.75, 3.05) is 0 Å². The Balaban J connectivity index is 2.71. The predicted molar refractivity (Wildman–Crippen MR) is 46.5 cm³/mol. The lowest BCUT2D eigenvalue weighted by Crippen LogP contribution is -2.05. The van der Waals surface area contributed by atoms with E-state index < -0.39 is 0 Å². The number of nitrogens with one attached hydrogen (secondary N) is 1. The second kappa shape index (κ2) is 3.56. The molecule has 0 radical (unpaired) electrons. The first kappa shape index (κ1) is 8.31. The van der Waals surface area contributed by atoms with Gasteiger partial charge in [0.15, 0.2) is 0 Å². The summed E-state index contributed by atoms with van der Waals surface area (Å²) in [6.45, 7) is 6.70. The summed E-state index contributed by atoms with van der Waals surface area (Å²) in [5, 5.41) is 0. The normalized spacial score (nSPS) is 13.8. The zero-order valence-electron chi connectivity index (χ0n) is 7.46. The summed E-state index contributed by atoms with van der Waals surface area (Å²) in [5.41, 5.74) is 1.27. The molecule has 0 saturated heterocycles. The Morgan fingerprint density at radius 2 is 2.27 bits per heavy atom. The quantitative estimate of drug-likeness (QED) is 0.708. The van der Waals surface area contributed by atoms with E-state index in [-0.39, 0.29) is 0 Å². The lowest BCUT2D eigenvalue weighted by molar-refractivity contribution is 0.476. The van der Waals surface area contributed by atoms with Crippen LogP contribution in [0.3, 0.4) is 0 Å². The van der Waals surface area contributed by atoms with E-state index in [2.05, 4.69) is 30.7 Å². The second-order valence-electron chi connectivity index (χ2n) is 3.27. The fourth-order valence-corrected chi connectivity index (χ4v) is 1.52. The van der Waals surface area contributed by atoms with Gasteiger partial charge in [-0.3, -0.25) is 0 Å². The maximum atomic E-state index is 4.02. The standard InChI is InChI=1S/C9H16N2/c1-4-8(7(2)3)9-5-10-6-11-9/h5-8H,4H2,1-3H3,(H,10,11). The molecule has 0 fully saturated rings. The number of imidazole rings is 1. The molecule has 0 spiro atoms. The molecule has 1 aromatic heterocycles. The average molecular weight is 152 g/mol. The summed E-state index contributed by atoms with van der Waals surface area (Å²) in [6.07, 6.45) is 4.86. The van der Waals surface area contributed by atoms with Gasteiger partial charge in [0.1, 0.15) is 0 Å². The Morgan fingerprint density at radius 1 is 1.55 bits per heavy atom. The molecule has 1 aromatic rings. The van der Waals surface area contributed by atoms with Crippen LogP contribution in [0.4, 0.5) is 0 Å². The van der Waals surface area contributed by atoms with E-state index in [0.29, 0.717) is 11.8 Å². The monoisotopic (exact) mass is 152 g/mol. The molecular formula is C9H16N2. The third-order valence-corrected chi connectivity index (χ3v) is 2.16. The minimum atomic E-state index is 0.637. The number of H-pyrrole nitrogens is 1. The van der Waals surface area contributed by atoms with E-state index >= 15 is 0 Å². The van der Waals surface area contributed by atoms with Crippen LogP contribution in [0.2, 0.25) is 0 Å². The Hall–Kier alpha value is -0.790. The first-order valence-electron chi connectivity index (χ1n) is 4.24. The predicted octanol–water partition coefficient (Wildman–Crippen LogP) is 2.56. The van der Waals surface area contributed by atoms with Crippen LogP contribution < -0.4 is 0 Å². The summed E-state index contributed by atoms with van der Waals surface area (Å²) in [7, 11) is 0. The van der Waals surface area contributed by atoms with Crippen molar-refractivity contribution in [1.82, 2.24) is 9.97 Å². The van der Waals surface area contributed by atoms with Crippen LogP contribution in [-0.4, -0.2) is 9.97 Å². The molecule has 2 nitrogen and oxygen atoms in total.